The van der Waals surface area contributed by atoms with Crippen LogP contribution in [0.25, 0.3) is 11.1 Å². The fourth-order valence-corrected chi connectivity index (χ4v) is 3.63. The monoisotopic (exact) mass is 419 g/mol. The molecule has 162 valence electrons. The van der Waals surface area contributed by atoms with Gasteiger partial charge in [0.25, 0.3) is 5.56 Å². The molecule has 0 unspecified atom stereocenters. The lowest BCUT2D eigenvalue weighted by molar-refractivity contribution is -0.145. The molecule has 0 radical (unpaired) electrons. The Hall–Kier alpha value is -2.74. The number of carbonyl (C=O) groups excluding carboxylic acids is 1. The maximum atomic E-state index is 13.1. The third-order valence-corrected chi connectivity index (χ3v) is 5.25. The number of amides is 1. The van der Waals surface area contributed by atoms with Crippen LogP contribution in [0.1, 0.15) is 25.3 Å². The van der Waals surface area contributed by atoms with Crippen LogP contribution in [0, 0.1) is 12.8 Å². The quantitative estimate of drug-likeness (QED) is 0.716. The highest BCUT2D eigenvalue weighted by atomic mass is 19.3. The van der Waals surface area contributed by atoms with Crippen LogP contribution in [0.4, 0.5) is 20.2 Å². The van der Waals surface area contributed by atoms with Crippen LogP contribution in [0.5, 0.6) is 0 Å². The van der Waals surface area contributed by atoms with Crippen molar-refractivity contribution in [3.05, 3.63) is 46.4 Å². The van der Waals surface area contributed by atoms with E-state index in [1.54, 1.807) is 33.3 Å². The number of anilines is 2. The largest absolute Gasteiger partial charge is 0.383 e. The van der Waals surface area contributed by atoms with E-state index in [1.807, 2.05) is 25.1 Å². The van der Waals surface area contributed by atoms with Crippen LogP contribution >= 0.6 is 0 Å². The lowest BCUT2D eigenvalue weighted by Crippen LogP contribution is -2.42. The fourth-order valence-electron chi connectivity index (χ4n) is 3.63. The molecular weight excluding hydrogens is 392 g/mol. The second-order valence-corrected chi connectivity index (χ2v) is 8.04. The molecule has 1 fully saturated rings. The van der Waals surface area contributed by atoms with Crippen molar-refractivity contribution in [3.63, 3.8) is 0 Å². The lowest BCUT2D eigenvalue weighted by atomic mass is 9.80. The van der Waals surface area contributed by atoms with Gasteiger partial charge in [0.2, 0.25) is 11.8 Å². The van der Waals surface area contributed by atoms with Crippen molar-refractivity contribution >= 4 is 17.3 Å². The Kier molecular flexibility index (Phi) is 6.26. The van der Waals surface area contributed by atoms with Gasteiger partial charge in [-0.2, -0.15) is 0 Å². The number of nitrogens with zero attached hydrogens (tertiary/aromatic N) is 1. The minimum absolute atomic E-state index is 0.0456. The summed E-state index contributed by atoms with van der Waals surface area (Å²) >= 11 is 0. The van der Waals surface area contributed by atoms with Crippen LogP contribution in [-0.2, 0) is 16.6 Å². The number of hydrogen-bond donors (Lipinski definition) is 2. The number of methoxy groups -OCH3 is 1. The van der Waals surface area contributed by atoms with Crippen molar-refractivity contribution < 1.29 is 18.3 Å². The Balaban J connectivity index is 1.90. The standard InChI is InChI=1S/C22H27F2N3O3/c1-13-7-16(11-27(3)21(13)29)15-5-6-18(19(8-15)25-14(2)12-30-4)26-20(28)17-9-22(23,24)10-17/h5-8,11,14,17,25H,9-10,12H2,1-4H3,(H,26,28)/t14-/m1/s1. The van der Waals surface area contributed by atoms with Gasteiger partial charge in [0, 0.05) is 50.7 Å². The number of ether oxygens (including phenoxy) is 1. The summed E-state index contributed by atoms with van der Waals surface area (Å²) < 4.78 is 33.0. The second-order valence-electron chi connectivity index (χ2n) is 8.04. The third kappa shape index (κ3) is 4.87. The van der Waals surface area contributed by atoms with E-state index in [4.69, 9.17) is 4.74 Å². The number of hydrogen-bond acceptors (Lipinski definition) is 4. The first kappa shape index (κ1) is 22.0. The van der Waals surface area contributed by atoms with Crippen LogP contribution in [0.2, 0.25) is 0 Å². The van der Waals surface area contributed by atoms with Crippen LogP contribution < -0.4 is 16.2 Å². The van der Waals surface area contributed by atoms with E-state index in [-0.39, 0.29) is 11.6 Å². The van der Waals surface area contributed by atoms with Crippen molar-refractivity contribution in [2.75, 3.05) is 24.4 Å². The number of carbonyl (C=O) groups is 1. The van der Waals surface area contributed by atoms with Crippen molar-refractivity contribution in [2.45, 2.75) is 38.7 Å². The normalized spacial score (nSPS) is 16.6. The van der Waals surface area contributed by atoms with Gasteiger partial charge in [-0.25, -0.2) is 8.78 Å². The lowest BCUT2D eigenvalue weighted by Gasteiger charge is -2.33. The topological polar surface area (TPSA) is 72.4 Å². The predicted molar refractivity (Wildman–Crippen MR) is 113 cm³/mol. The fraction of sp³-hybridized carbons (Fsp3) is 0.455. The number of alkyl halides is 2. The van der Waals surface area contributed by atoms with E-state index in [0.717, 1.165) is 11.1 Å². The molecule has 1 aromatic heterocycles. The Morgan fingerprint density at radius 3 is 2.57 bits per heavy atom. The van der Waals surface area contributed by atoms with E-state index in [9.17, 15) is 18.4 Å². The van der Waals surface area contributed by atoms with Gasteiger partial charge in [-0.1, -0.05) is 6.07 Å². The molecular formula is C22H27F2N3O3. The first-order chi connectivity index (χ1) is 14.1. The molecule has 0 spiro atoms. The van der Waals surface area contributed by atoms with Gasteiger partial charge in [-0.15, -0.1) is 0 Å². The van der Waals surface area contributed by atoms with Crippen molar-refractivity contribution in [1.82, 2.24) is 4.57 Å². The molecule has 1 aliphatic carbocycles. The Bertz CT molecular complexity index is 969. The molecule has 1 saturated carbocycles. The molecule has 3 rings (SSSR count). The number of rotatable bonds is 7. The third-order valence-electron chi connectivity index (χ3n) is 5.25. The summed E-state index contributed by atoms with van der Waals surface area (Å²) in [6, 6.07) is 7.21. The van der Waals surface area contributed by atoms with Crippen LogP contribution in [0.15, 0.2) is 35.3 Å². The van der Waals surface area contributed by atoms with E-state index >= 15 is 0 Å². The van der Waals surface area contributed by atoms with E-state index in [2.05, 4.69) is 10.6 Å². The number of aromatic nitrogens is 1. The van der Waals surface area contributed by atoms with Crippen molar-refractivity contribution in [3.8, 4) is 11.1 Å². The number of nitrogens with one attached hydrogen (secondary N) is 2. The molecule has 1 aromatic carbocycles. The summed E-state index contributed by atoms with van der Waals surface area (Å²) in [5, 5.41) is 6.08. The summed E-state index contributed by atoms with van der Waals surface area (Å²) in [6.07, 6.45) is 0.913. The first-order valence-corrected chi connectivity index (χ1v) is 9.85. The zero-order valence-corrected chi connectivity index (χ0v) is 17.6. The molecule has 8 heteroatoms. The molecule has 2 N–H and O–H groups in total. The van der Waals surface area contributed by atoms with Crippen LogP contribution in [0.3, 0.4) is 0 Å². The maximum Gasteiger partial charge on any atom is 0.253 e. The zero-order valence-electron chi connectivity index (χ0n) is 17.6. The Morgan fingerprint density at radius 1 is 1.27 bits per heavy atom. The Labute approximate surface area is 174 Å². The van der Waals surface area contributed by atoms with E-state index in [0.29, 0.717) is 23.5 Å². The van der Waals surface area contributed by atoms with Gasteiger partial charge in [0.1, 0.15) is 0 Å². The van der Waals surface area contributed by atoms with Gasteiger partial charge in [0.15, 0.2) is 0 Å². The predicted octanol–water partition coefficient (Wildman–Crippen LogP) is 3.79. The smallest absolute Gasteiger partial charge is 0.253 e. The molecule has 1 atom stereocenters. The van der Waals surface area contributed by atoms with E-state index < -0.39 is 30.6 Å². The summed E-state index contributed by atoms with van der Waals surface area (Å²) in [4.78, 5) is 24.4. The average Bonchev–Trinajstić information content (AvgIpc) is 2.65. The first-order valence-electron chi connectivity index (χ1n) is 9.85. The number of aryl methyl sites for hydroxylation is 2. The SMILES string of the molecule is COC[C@@H](C)Nc1cc(-c2cc(C)c(=O)n(C)c2)ccc1NC(=O)C1CC(F)(F)C1. The molecule has 1 heterocycles. The minimum atomic E-state index is -2.75. The molecule has 0 bridgehead atoms. The summed E-state index contributed by atoms with van der Waals surface area (Å²) in [6.45, 7) is 4.14. The molecule has 0 saturated heterocycles. The molecule has 30 heavy (non-hydrogen) atoms. The van der Waals surface area contributed by atoms with Gasteiger partial charge in [-0.05, 0) is 43.2 Å². The summed E-state index contributed by atoms with van der Waals surface area (Å²) in [5.41, 5.74) is 3.45. The summed E-state index contributed by atoms with van der Waals surface area (Å²) in [7, 11) is 3.29. The highest BCUT2D eigenvalue weighted by Gasteiger charge is 2.48. The summed E-state index contributed by atoms with van der Waals surface area (Å²) in [5.74, 6) is -3.84. The highest BCUT2D eigenvalue weighted by Crippen LogP contribution is 2.43. The minimum Gasteiger partial charge on any atom is -0.383 e. The van der Waals surface area contributed by atoms with Crippen molar-refractivity contribution in [1.29, 1.82) is 0 Å². The number of pyridine rings is 1. The van der Waals surface area contributed by atoms with Gasteiger partial charge < -0.3 is 19.9 Å². The molecule has 1 amide bonds. The average molecular weight is 419 g/mol. The number of benzene rings is 1. The van der Waals surface area contributed by atoms with Crippen LogP contribution in [-0.4, -0.2) is 36.2 Å². The van der Waals surface area contributed by atoms with Crippen molar-refractivity contribution in [2.24, 2.45) is 13.0 Å². The van der Waals surface area contributed by atoms with Gasteiger partial charge in [0.05, 0.1) is 18.0 Å². The number of halogens is 2. The zero-order chi connectivity index (χ0) is 22.1. The molecule has 1 aliphatic rings. The maximum absolute atomic E-state index is 13.1. The highest BCUT2D eigenvalue weighted by molar-refractivity contribution is 5.97. The van der Waals surface area contributed by atoms with Gasteiger partial charge >= 0.3 is 0 Å². The van der Waals surface area contributed by atoms with Gasteiger partial charge in [-0.3, -0.25) is 9.59 Å². The molecule has 0 aliphatic heterocycles. The second kappa shape index (κ2) is 8.55. The molecule has 2 aromatic rings. The Morgan fingerprint density at radius 2 is 1.97 bits per heavy atom. The molecule has 6 nitrogen and oxygen atoms in total. The van der Waals surface area contributed by atoms with E-state index in [1.165, 1.54) is 4.57 Å².